The summed E-state index contributed by atoms with van der Waals surface area (Å²) in [5, 5.41) is 19.7. The zero-order valence-corrected chi connectivity index (χ0v) is 8.11. The fourth-order valence-corrected chi connectivity index (χ4v) is 2.39. The van der Waals surface area contributed by atoms with Gasteiger partial charge in [-0.25, -0.2) is 0 Å². The molecule has 78 valence electrons. The van der Waals surface area contributed by atoms with Crippen molar-refractivity contribution >= 4 is 7.85 Å². The van der Waals surface area contributed by atoms with Gasteiger partial charge in [-0.05, 0) is 19.3 Å². The average Bonchev–Trinajstić information content (AvgIpc) is 2.27. The topological polar surface area (TPSA) is 58.9 Å². The van der Waals surface area contributed by atoms with E-state index in [0.717, 1.165) is 6.42 Å². The number of hydrogen-bond donors (Lipinski definition) is 2. The second-order valence-corrected chi connectivity index (χ2v) is 4.20. The summed E-state index contributed by atoms with van der Waals surface area (Å²) in [5.41, 5.74) is -2.04. The first-order chi connectivity index (χ1) is 6.62. The molecule has 2 heterocycles. The van der Waals surface area contributed by atoms with Crippen molar-refractivity contribution < 1.29 is 19.7 Å². The summed E-state index contributed by atoms with van der Waals surface area (Å²) >= 11 is 0. The molecule has 2 aliphatic rings. The molecular weight excluding hydrogens is 183 g/mol. The highest BCUT2D eigenvalue weighted by Gasteiger charge is 2.58. The maximum absolute atomic E-state index is 10.4. The van der Waals surface area contributed by atoms with Crippen molar-refractivity contribution in [3.63, 3.8) is 0 Å². The number of rotatable bonds is 1. The SMILES string of the molecule is [B][C@H]1CC2(O)CCCOCC2(CO)O1. The van der Waals surface area contributed by atoms with Gasteiger partial charge < -0.3 is 19.7 Å². The van der Waals surface area contributed by atoms with Gasteiger partial charge in [-0.3, -0.25) is 0 Å². The molecule has 2 rings (SSSR count). The lowest BCUT2D eigenvalue weighted by Gasteiger charge is -2.37. The van der Waals surface area contributed by atoms with Gasteiger partial charge in [-0.1, -0.05) is 0 Å². The van der Waals surface area contributed by atoms with Crippen molar-refractivity contribution in [2.24, 2.45) is 0 Å². The van der Waals surface area contributed by atoms with Gasteiger partial charge in [0, 0.05) is 12.6 Å². The van der Waals surface area contributed by atoms with Gasteiger partial charge in [-0.15, -0.1) is 0 Å². The van der Waals surface area contributed by atoms with Gasteiger partial charge in [-0.2, -0.15) is 0 Å². The van der Waals surface area contributed by atoms with E-state index in [1.807, 2.05) is 0 Å². The molecule has 2 fully saturated rings. The van der Waals surface area contributed by atoms with Crippen LogP contribution in [0, 0.1) is 0 Å². The second-order valence-electron chi connectivity index (χ2n) is 4.20. The predicted molar refractivity (Wildman–Crippen MR) is 50.1 cm³/mol. The van der Waals surface area contributed by atoms with Gasteiger partial charge in [0.15, 0.2) is 0 Å². The van der Waals surface area contributed by atoms with Crippen molar-refractivity contribution in [3.8, 4) is 0 Å². The van der Waals surface area contributed by atoms with E-state index in [9.17, 15) is 10.2 Å². The molecule has 0 spiro atoms. The Balaban J connectivity index is 2.27. The molecule has 2 saturated heterocycles. The molecule has 0 aliphatic carbocycles. The molecule has 0 aromatic heterocycles. The van der Waals surface area contributed by atoms with Crippen molar-refractivity contribution in [1.82, 2.24) is 0 Å². The van der Waals surface area contributed by atoms with Crippen molar-refractivity contribution in [1.29, 1.82) is 0 Å². The molecular formula is C9H15BO4. The Bertz CT molecular complexity index is 225. The summed E-state index contributed by atoms with van der Waals surface area (Å²) in [7, 11) is 5.64. The fraction of sp³-hybridized carbons (Fsp3) is 1.00. The van der Waals surface area contributed by atoms with Crippen LogP contribution < -0.4 is 0 Å². The summed E-state index contributed by atoms with van der Waals surface area (Å²) in [5.74, 6) is 0. The van der Waals surface area contributed by atoms with E-state index in [4.69, 9.17) is 17.3 Å². The third kappa shape index (κ3) is 1.39. The van der Waals surface area contributed by atoms with E-state index < -0.39 is 17.2 Å². The Morgan fingerprint density at radius 3 is 3.00 bits per heavy atom. The molecule has 0 bridgehead atoms. The molecule has 4 nitrogen and oxygen atoms in total. The lowest BCUT2D eigenvalue weighted by molar-refractivity contribution is -0.168. The highest BCUT2D eigenvalue weighted by Crippen LogP contribution is 2.43. The normalized spacial score (nSPS) is 48.6. The summed E-state index contributed by atoms with van der Waals surface area (Å²) in [6.45, 7) is 0.563. The lowest BCUT2D eigenvalue weighted by atomic mass is 9.78. The molecule has 5 heteroatoms. The highest BCUT2D eigenvalue weighted by atomic mass is 16.6. The standard InChI is InChI=1S/C9H15BO4/c10-7-4-8(12)2-1-3-13-6-9(8,5-11)14-7/h7,11-12H,1-6H2/t7-,8?,9?/m1/s1. The zero-order valence-electron chi connectivity index (χ0n) is 8.11. The van der Waals surface area contributed by atoms with Crippen LogP contribution in [-0.2, 0) is 9.47 Å². The molecule has 2 aliphatic heterocycles. The summed E-state index contributed by atoms with van der Waals surface area (Å²) in [6, 6.07) is -0.506. The van der Waals surface area contributed by atoms with E-state index in [0.29, 0.717) is 19.4 Å². The number of fused-ring (bicyclic) bond motifs is 1. The maximum Gasteiger partial charge on any atom is 0.142 e. The van der Waals surface area contributed by atoms with Crippen LogP contribution in [0.25, 0.3) is 0 Å². The van der Waals surface area contributed by atoms with Gasteiger partial charge in [0.2, 0.25) is 0 Å². The largest absolute Gasteiger partial charge is 0.393 e. The van der Waals surface area contributed by atoms with Gasteiger partial charge in [0.1, 0.15) is 13.4 Å². The first kappa shape index (κ1) is 10.4. The minimum atomic E-state index is -1.03. The second kappa shape index (κ2) is 3.49. The highest BCUT2D eigenvalue weighted by molar-refractivity contribution is 6.11. The van der Waals surface area contributed by atoms with E-state index >= 15 is 0 Å². The van der Waals surface area contributed by atoms with Crippen LogP contribution in [0.15, 0.2) is 0 Å². The van der Waals surface area contributed by atoms with Crippen LogP contribution in [0.3, 0.4) is 0 Å². The Hall–Kier alpha value is -0.0951. The van der Waals surface area contributed by atoms with Crippen LogP contribution in [-0.4, -0.2) is 55.1 Å². The number of aliphatic hydroxyl groups excluding tert-OH is 1. The van der Waals surface area contributed by atoms with E-state index in [1.165, 1.54) is 0 Å². The smallest absolute Gasteiger partial charge is 0.142 e. The van der Waals surface area contributed by atoms with Crippen LogP contribution in [0.5, 0.6) is 0 Å². The Morgan fingerprint density at radius 2 is 2.29 bits per heavy atom. The molecule has 0 amide bonds. The van der Waals surface area contributed by atoms with Crippen molar-refractivity contribution in [3.05, 3.63) is 0 Å². The number of hydrogen-bond acceptors (Lipinski definition) is 4. The molecule has 14 heavy (non-hydrogen) atoms. The predicted octanol–water partition coefficient (Wildman–Crippen LogP) is -0.826. The van der Waals surface area contributed by atoms with Crippen LogP contribution >= 0.6 is 0 Å². The third-order valence-corrected chi connectivity index (χ3v) is 3.23. The summed E-state index contributed by atoms with van der Waals surface area (Å²) in [4.78, 5) is 0. The number of ether oxygens (including phenoxy) is 2. The minimum absolute atomic E-state index is 0.216. The van der Waals surface area contributed by atoms with Gasteiger partial charge in [0.25, 0.3) is 0 Å². The molecule has 0 aromatic rings. The summed E-state index contributed by atoms with van der Waals surface area (Å²) < 4.78 is 10.8. The Morgan fingerprint density at radius 1 is 1.50 bits per heavy atom. The van der Waals surface area contributed by atoms with Crippen LogP contribution in [0.4, 0.5) is 0 Å². The molecule has 3 atom stereocenters. The molecule has 0 aromatic carbocycles. The monoisotopic (exact) mass is 198 g/mol. The Kier molecular flexibility index (Phi) is 2.60. The van der Waals surface area contributed by atoms with Gasteiger partial charge in [0.05, 0.1) is 18.8 Å². The fourth-order valence-electron chi connectivity index (χ4n) is 2.39. The summed E-state index contributed by atoms with van der Waals surface area (Å²) in [6.07, 6.45) is 1.71. The molecule has 2 N–H and O–H groups in total. The van der Waals surface area contributed by atoms with Crippen molar-refractivity contribution in [2.45, 2.75) is 36.5 Å². The van der Waals surface area contributed by atoms with E-state index in [1.54, 1.807) is 0 Å². The van der Waals surface area contributed by atoms with E-state index in [-0.39, 0.29) is 13.2 Å². The van der Waals surface area contributed by atoms with Crippen LogP contribution in [0.1, 0.15) is 19.3 Å². The first-order valence-corrected chi connectivity index (χ1v) is 4.96. The quantitative estimate of drug-likeness (QED) is 0.540. The maximum atomic E-state index is 10.4. The Labute approximate surface area is 84.6 Å². The molecule has 0 saturated carbocycles. The van der Waals surface area contributed by atoms with E-state index in [2.05, 4.69) is 0 Å². The zero-order chi connectivity index (χ0) is 10.2. The molecule has 2 unspecified atom stereocenters. The first-order valence-electron chi connectivity index (χ1n) is 4.96. The van der Waals surface area contributed by atoms with Crippen LogP contribution in [0.2, 0.25) is 0 Å². The average molecular weight is 198 g/mol. The number of aliphatic hydroxyl groups is 2. The minimum Gasteiger partial charge on any atom is -0.393 e. The third-order valence-electron chi connectivity index (χ3n) is 3.23. The molecule has 2 radical (unpaired) electrons. The van der Waals surface area contributed by atoms with Crippen molar-refractivity contribution in [2.75, 3.05) is 19.8 Å². The van der Waals surface area contributed by atoms with Gasteiger partial charge >= 0.3 is 0 Å². The lowest BCUT2D eigenvalue weighted by Crippen LogP contribution is -2.55.